The van der Waals surface area contributed by atoms with Crippen molar-refractivity contribution < 1.29 is 4.74 Å². The molecule has 0 bridgehead atoms. The number of rotatable bonds is 4. The minimum absolute atomic E-state index is 0.655. The molecule has 76 valence electrons. The van der Waals surface area contributed by atoms with Crippen LogP contribution in [0.3, 0.4) is 0 Å². The van der Waals surface area contributed by atoms with Gasteiger partial charge in [0.1, 0.15) is 5.75 Å². The predicted molar refractivity (Wildman–Crippen MR) is 57.9 cm³/mol. The number of benzene rings is 1. The van der Waals surface area contributed by atoms with Crippen LogP contribution in [0.25, 0.3) is 0 Å². The molecule has 2 rings (SSSR count). The molecule has 1 aliphatic rings. The van der Waals surface area contributed by atoms with Crippen molar-refractivity contribution in [3.05, 3.63) is 29.3 Å². The summed E-state index contributed by atoms with van der Waals surface area (Å²) >= 11 is 5.77. The van der Waals surface area contributed by atoms with E-state index >= 15 is 0 Å². The number of hydrogen-bond acceptors (Lipinski definition) is 2. The first-order valence-corrected chi connectivity index (χ1v) is 5.23. The Morgan fingerprint density at radius 3 is 2.71 bits per heavy atom. The van der Waals surface area contributed by atoms with Crippen LogP contribution in [0.5, 0.6) is 5.75 Å². The molecule has 14 heavy (non-hydrogen) atoms. The van der Waals surface area contributed by atoms with Gasteiger partial charge in [0.2, 0.25) is 0 Å². The largest absolute Gasteiger partial charge is 0.493 e. The summed E-state index contributed by atoms with van der Waals surface area (Å²) < 4.78 is 5.62. The van der Waals surface area contributed by atoms with Gasteiger partial charge in [-0.05, 0) is 37.7 Å². The van der Waals surface area contributed by atoms with Crippen LogP contribution in [0.1, 0.15) is 6.42 Å². The summed E-state index contributed by atoms with van der Waals surface area (Å²) in [6.45, 7) is 0.799. The molecule has 1 N–H and O–H groups in total. The van der Waals surface area contributed by atoms with Crippen LogP contribution in [0, 0.1) is 5.92 Å². The normalized spacial score (nSPS) is 24.7. The van der Waals surface area contributed by atoms with Gasteiger partial charge in [-0.1, -0.05) is 11.6 Å². The van der Waals surface area contributed by atoms with Crippen molar-refractivity contribution in [3.63, 3.8) is 0 Å². The fourth-order valence-corrected chi connectivity index (χ4v) is 1.65. The third kappa shape index (κ3) is 2.40. The van der Waals surface area contributed by atoms with Gasteiger partial charge in [0, 0.05) is 17.0 Å². The second-order valence-electron chi connectivity index (χ2n) is 3.66. The maximum Gasteiger partial charge on any atom is 0.119 e. The van der Waals surface area contributed by atoms with Gasteiger partial charge in [0.15, 0.2) is 0 Å². The zero-order valence-corrected chi connectivity index (χ0v) is 8.92. The number of halogens is 1. The van der Waals surface area contributed by atoms with Gasteiger partial charge < -0.3 is 10.1 Å². The molecule has 3 heteroatoms. The number of nitrogens with one attached hydrogen (secondary N) is 1. The minimum atomic E-state index is 0.655. The van der Waals surface area contributed by atoms with Crippen LogP contribution in [0.2, 0.25) is 5.02 Å². The first-order valence-electron chi connectivity index (χ1n) is 4.85. The van der Waals surface area contributed by atoms with Crippen molar-refractivity contribution in [2.45, 2.75) is 12.5 Å². The highest BCUT2D eigenvalue weighted by molar-refractivity contribution is 6.30. The maximum atomic E-state index is 5.77. The lowest BCUT2D eigenvalue weighted by atomic mass is 10.3. The number of hydrogen-bond donors (Lipinski definition) is 1. The standard InChI is InChI=1S/C11H14ClNO/c1-13-11-6-8(11)7-14-10-4-2-9(12)3-5-10/h2-5,8,11,13H,6-7H2,1H3. The van der Waals surface area contributed by atoms with E-state index in [1.165, 1.54) is 6.42 Å². The highest BCUT2D eigenvalue weighted by atomic mass is 35.5. The van der Waals surface area contributed by atoms with E-state index in [1.54, 1.807) is 0 Å². The molecule has 1 fully saturated rings. The van der Waals surface area contributed by atoms with Crippen LogP contribution in [0.4, 0.5) is 0 Å². The molecule has 1 aromatic carbocycles. The van der Waals surface area contributed by atoms with Gasteiger partial charge in [-0.15, -0.1) is 0 Å². The Morgan fingerprint density at radius 2 is 2.14 bits per heavy atom. The Balaban J connectivity index is 1.78. The highest BCUT2D eigenvalue weighted by Gasteiger charge is 2.36. The lowest BCUT2D eigenvalue weighted by Crippen LogP contribution is -2.14. The summed E-state index contributed by atoms with van der Waals surface area (Å²) in [5.41, 5.74) is 0. The molecular formula is C11H14ClNO. The Morgan fingerprint density at radius 1 is 1.43 bits per heavy atom. The third-order valence-corrected chi connectivity index (χ3v) is 2.82. The lowest BCUT2D eigenvalue weighted by molar-refractivity contribution is 0.294. The minimum Gasteiger partial charge on any atom is -0.493 e. The van der Waals surface area contributed by atoms with Crippen molar-refractivity contribution in [1.82, 2.24) is 5.32 Å². The molecule has 0 aromatic heterocycles. The van der Waals surface area contributed by atoms with E-state index in [2.05, 4.69) is 5.32 Å². The zero-order valence-electron chi connectivity index (χ0n) is 8.16. The zero-order chi connectivity index (χ0) is 9.97. The molecule has 1 aliphatic carbocycles. The molecular weight excluding hydrogens is 198 g/mol. The van der Waals surface area contributed by atoms with Crippen LogP contribution in [-0.2, 0) is 0 Å². The van der Waals surface area contributed by atoms with Crippen molar-refractivity contribution in [2.75, 3.05) is 13.7 Å². The van der Waals surface area contributed by atoms with Crippen molar-refractivity contribution >= 4 is 11.6 Å². The van der Waals surface area contributed by atoms with Gasteiger partial charge in [-0.2, -0.15) is 0 Å². The van der Waals surface area contributed by atoms with E-state index < -0.39 is 0 Å². The fraction of sp³-hybridized carbons (Fsp3) is 0.455. The van der Waals surface area contributed by atoms with Gasteiger partial charge in [-0.3, -0.25) is 0 Å². The summed E-state index contributed by atoms with van der Waals surface area (Å²) in [6.07, 6.45) is 1.23. The molecule has 2 atom stereocenters. The Bertz CT molecular complexity index is 299. The van der Waals surface area contributed by atoms with Crippen LogP contribution in [0.15, 0.2) is 24.3 Å². The first-order chi connectivity index (χ1) is 6.79. The molecule has 0 aliphatic heterocycles. The van der Waals surface area contributed by atoms with E-state index in [4.69, 9.17) is 16.3 Å². The van der Waals surface area contributed by atoms with E-state index in [1.807, 2.05) is 31.3 Å². The second kappa shape index (κ2) is 4.20. The topological polar surface area (TPSA) is 21.3 Å². The average Bonchev–Trinajstić information content (AvgIpc) is 2.96. The fourth-order valence-electron chi connectivity index (χ4n) is 1.52. The van der Waals surface area contributed by atoms with Gasteiger partial charge in [0.05, 0.1) is 6.61 Å². The summed E-state index contributed by atoms with van der Waals surface area (Å²) in [5.74, 6) is 1.58. The van der Waals surface area contributed by atoms with Crippen LogP contribution in [-0.4, -0.2) is 19.7 Å². The maximum absolute atomic E-state index is 5.77. The van der Waals surface area contributed by atoms with E-state index in [0.29, 0.717) is 12.0 Å². The lowest BCUT2D eigenvalue weighted by Gasteiger charge is -2.05. The van der Waals surface area contributed by atoms with Gasteiger partial charge in [-0.25, -0.2) is 0 Å². The Labute approximate surface area is 89.2 Å². The van der Waals surface area contributed by atoms with Crippen LogP contribution >= 0.6 is 11.6 Å². The SMILES string of the molecule is CNC1CC1COc1ccc(Cl)cc1. The summed E-state index contributed by atoms with van der Waals surface area (Å²) in [6, 6.07) is 8.15. The Kier molecular flexibility index (Phi) is 2.94. The van der Waals surface area contributed by atoms with Crippen molar-refractivity contribution in [2.24, 2.45) is 5.92 Å². The number of ether oxygens (including phenoxy) is 1. The molecule has 0 heterocycles. The summed E-state index contributed by atoms with van der Waals surface area (Å²) in [5, 5.41) is 3.98. The third-order valence-electron chi connectivity index (χ3n) is 2.57. The summed E-state index contributed by atoms with van der Waals surface area (Å²) in [7, 11) is 1.99. The average molecular weight is 212 g/mol. The predicted octanol–water partition coefficient (Wildman–Crippen LogP) is 2.33. The molecule has 0 radical (unpaired) electrons. The molecule has 0 amide bonds. The molecule has 0 spiro atoms. The van der Waals surface area contributed by atoms with Crippen molar-refractivity contribution in [1.29, 1.82) is 0 Å². The highest BCUT2D eigenvalue weighted by Crippen LogP contribution is 2.30. The smallest absolute Gasteiger partial charge is 0.119 e. The monoisotopic (exact) mass is 211 g/mol. The molecule has 0 saturated heterocycles. The van der Waals surface area contributed by atoms with Crippen molar-refractivity contribution in [3.8, 4) is 5.75 Å². The second-order valence-corrected chi connectivity index (χ2v) is 4.09. The molecule has 2 unspecified atom stereocenters. The van der Waals surface area contributed by atoms with E-state index in [-0.39, 0.29) is 0 Å². The quantitative estimate of drug-likeness (QED) is 0.826. The van der Waals surface area contributed by atoms with Crippen LogP contribution < -0.4 is 10.1 Å². The van der Waals surface area contributed by atoms with Gasteiger partial charge in [0.25, 0.3) is 0 Å². The van der Waals surface area contributed by atoms with Gasteiger partial charge >= 0.3 is 0 Å². The molecule has 1 saturated carbocycles. The summed E-state index contributed by atoms with van der Waals surface area (Å²) in [4.78, 5) is 0. The molecule has 2 nitrogen and oxygen atoms in total. The molecule has 1 aromatic rings. The van der Waals surface area contributed by atoms with E-state index in [9.17, 15) is 0 Å². The van der Waals surface area contributed by atoms with E-state index in [0.717, 1.165) is 17.4 Å². The first kappa shape index (κ1) is 9.81. The Hall–Kier alpha value is -0.730.